The number of unbranched alkanes of at least 4 members (excludes halogenated alkanes) is 3. The maximum atomic E-state index is 11.6. The SMILES string of the molecule is CCCCCC[C@@H]1O[C@@H]2c3cc(C(=O)O)ccc3OC(C)(C)[C@H]2C[C@@H]1c1ccccc1. The van der Waals surface area contributed by atoms with Crippen LogP contribution in [0.15, 0.2) is 48.5 Å². The third-order valence-electron chi connectivity index (χ3n) is 7.04. The molecular weight excluding hydrogens is 388 g/mol. The van der Waals surface area contributed by atoms with Crippen molar-refractivity contribution in [2.45, 2.75) is 83.0 Å². The second-order valence-electron chi connectivity index (χ2n) is 9.57. The molecule has 166 valence electrons. The quantitative estimate of drug-likeness (QED) is 0.501. The molecule has 1 fully saturated rings. The van der Waals surface area contributed by atoms with Crippen LogP contribution in [0.4, 0.5) is 0 Å². The van der Waals surface area contributed by atoms with Crippen molar-refractivity contribution >= 4 is 5.97 Å². The largest absolute Gasteiger partial charge is 0.487 e. The van der Waals surface area contributed by atoms with E-state index in [2.05, 4.69) is 51.1 Å². The Morgan fingerprint density at radius 1 is 1.10 bits per heavy atom. The Hall–Kier alpha value is -2.33. The molecule has 4 heteroatoms. The molecule has 2 aliphatic rings. The first-order valence-corrected chi connectivity index (χ1v) is 11.7. The van der Waals surface area contributed by atoms with Crippen molar-refractivity contribution in [1.29, 1.82) is 0 Å². The van der Waals surface area contributed by atoms with Crippen molar-refractivity contribution in [3.8, 4) is 5.75 Å². The van der Waals surface area contributed by atoms with Gasteiger partial charge in [-0.3, -0.25) is 0 Å². The first-order valence-electron chi connectivity index (χ1n) is 11.7. The van der Waals surface area contributed by atoms with Gasteiger partial charge in [-0.1, -0.05) is 62.9 Å². The van der Waals surface area contributed by atoms with Gasteiger partial charge >= 0.3 is 5.97 Å². The summed E-state index contributed by atoms with van der Waals surface area (Å²) in [5.41, 5.74) is 2.11. The molecule has 0 aliphatic carbocycles. The molecular formula is C27H34O4. The van der Waals surface area contributed by atoms with Crippen molar-refractivity contribution in [3.63, 3.8) is 0 Å². The standard InChI is InChI=1S/C27H34O4/c1-4-5-6-10-13-23-20(18-11-8-7-9-12-18)17-22-25(30-23)21-16-19(26(28)29)14-15-24(21)31-27(22,2)3/h7-9,11-12,14-16,20,22-23,25H,4-6,10,13,17H2,1-3H3,(H,28,29)/t20-,22+,23+,25-/m1/s1. The van der Waals surface area contributed by atoms with Crippen molar-refractivity contribution in [2.24, 2.45) is 5.92 Å². The average molecular weight is 423 g/mol. The first-order chi connectivity index (χ1) is 14.9. The van der Waals surface area contributed by atoms with Gasteiger partial charge in [-0.25, -0.2) is 4.79 Å². The predicted molar refractivity (Wildman–Crippen MR) is 122 cm³/mol. The lowest BCUT2D eigenvalue weighted by Crippen LogP contribution is -2.50. The topological polar surface area (TPSA) is 55.8 Å². The fourth-order valence-electron chi connectivity index (χ4n) is 5.31. The maximum absolute atomic E-state index is 11.6. The molecule has 1 N–H and O–H groups in total. The van der Waals surface area contributed by atoms with E-state index in [0.717, 1.165) is 30.6 Å². The lowest BCUT2D eigenvalue weighted by molar-refractivity contribution is -0.160. The highest BCUT2D eigenvalue weighted by atomic mass is 16.5. The molecule has 0 spiro atoms. The molecule has 0 amide bonds. The lowest BCUT2D eigenvalue weighted by atomic mass is 9.69. The molecule has 0 bridgehead atoms. The zero-order valence-electron chi connectivity index (χ0n) is 18.8. The van der Waals surface area contributed by atoms with Crippen molar-refractivity contribution in [2.75, 3.05) is 0 Å². The first kappa shape index (κ1) is 21.9. The van der Waals surface area contributed by atoms with Crippen LogP contribution in [0.1, 0.15) is 92.8 Å². The summed E-state index contributed by atoms with van der Waals surface area (Å²) in [7, 11) is 0. The van der Waals surface area contributed by atoms with Crippen molar-refractivity contribution < 1.29 is 19.4 Å². The summed E-state index contributed by atoms with van der Waals surface area (Å²) >= 11 is 0. The number of aromatic carboxylic acids is 1. The van der Waals surface area contributed by atoms with Gasteiger partial charge < -0.3 is 14.6 Å². The maximum Gasteiger partial charge on any atom is 0.335 e. The Balaban J connectivity index is 1.68. The number of carboxylic acid groups (broad SMARTS) is 1. The minimum absolute atomic E-state index is 0.121. The number of hydrogen-bond acceptors (Lipinski definition) is 3. The monoisotopic (exact) mass is 422 g/mol. The summed E-state index contributed by atoms with van der Waals surface area (Å²) in [6, 6.07) is 15.8. The summed E-state index contributed by atoms with van der Waals surface area (Å²) in [6.07, 6.45) is 6.82. The highest BCUT2D eigenvalue weighted by Crippen LogP contribution is 2.54. The Labute approximate surface area is 185 Å². The van der Waals surface area contributed by atoms with Gasteiger partial charge in [0, 0.05) is 17.4 Å². The van der Waals surface area contributed by atoms with Gasteiger partial charge in [0.25, 0.3) is 0 Å². The molecule has 2 aliphatic heterocycles. The third-order valence-corrected chi connectivity index (χ3v) is 7.04. The molecule has 1 saturated heterocycles. The van der Waals surface area contributed by atoms with Crippen LogP contribution in [0, 0.1) is 5.92 Å². The third kappa shape index (κ3) is 4.50. The van der Waals surface area contributed by atoms with E-state index in [1.165, 1.54) is 24.8 Å². The van der Waals surface area contributed by atoms with E-state index in [1.807, 2.05) is 0 Å². The molecule has 0 radical (unpaired) electrons. The fraction of sp³-hybridized carbons (Fsp3) is 0.519. The van der Waals surface area contributed by atoms with E-state index in [1.54, 1.807) is 18.2 Å². The molecule has 0 unspecified atom stereocenters. The van der Waals surface area contributed by atoms with Crippen LogP contribution < -0.4 is 4.74 Å². The molecule has 2 heterocycles. The van der Waals surface area contributed by atoms with E-state index in [-0.39, 0.29) is 29.3 Å². The smallest absolute Gasteiger partial charge is 0.335 e. The Morgan fingerprint density at radius 3 is 2.58 bits per heavy atom. The Bertz CT molecular complexity index is 905. The minimum atomic E-state index is -0.918. The predicted octanol–water partition coefficient (Wildman–Crippen LogP) is 6.76. The normalized spacial score (nSPS) is 26.4. The molecule has 31 heavy (non-hydrogen) atoms. The second-order valence-corrected chi connectivity index (χ2v) is 9.57. The number of carboxylic acids is 1. The van der Waals surface area contributed by atoms with Crippen LogP contribution in [0.3, 0.4) is 0 Å². The zero-order chi connectivity index (χ0) is 22.0. The van der Waals surface area contributed by atoms with Gasteiger partial charge in [0.1, 0.15) is 11.4 Å². The summed E-state index contributed by atoms with van der Waals surface area (Å²) in [5.74, 6) is 0.301. The van der Waals surface area contributed by atoms with E-state index in [4.69, 9.17) is 9.47 Å². The molecule has 2 aromatic rings. The summed E-state index contributed by atoms with van der Waals surface area (Å²) < 4.78 is 13.2. The number of carbonyl (C=O) groups is 1. The van der Waals surface area contributed by atoms with Gasteiger partial charge in [-0.05, 0) is 50.5 Å². The molecule has 4 rings (SSSR count). The molecule has 0 aromatic heterocycles. The molecule has 4 nitrogen and oxygen atoms in total. The Morgan fingerprint density at radius 2 is 1.87 bits per heavy atom. The zero-order valence-corrected chi connectivity index (χ0v) is 18.8. The molecule has 0 saturated carbocycles. The molecule has 4 atom stereocenters. The summed E-state index contributed by atoms with van der Waals surface area (Å²) in [6.45, 7) is 6.49. The fourth-order valence-corrected chi connectivity index (χ4v) is 5.31. The van der Waals surface area contributed by atoms with Crippen LogP contribution in [0.2, 0.25) is 0 Å². The van der Waals surface area contributed by atoms with Gasteiger partial charge in [0.2, 0.25) is 0 Å². The van der Waals surface area contributed by atoms with Crippen LogP contribution >= 0.6 is 0 Å². The van der Waals surface area contributed by atoms with Gasteiger partial charge in [-0.15, -0.1) is 0 Å². The van der Waals surface area contributed by atoms with E-state index in [9.17, 15) is 9.90 Å². The van der Waals surface area contributed by atoms with E-state index in [0.29, 0.717) is 5.92 Å². The average Bonchev–Trinajstić information content (AvgIpc) is 2.76. The van der Waals surface area contributed by atoms with E-state index < -0.39 is 5.97 Å². The Kier molecular flexibility index (Phi) is 6.38. The van der Waals surface area contributed by atoms with Crippen LogP contribution in [-0.4, -0.2) is 22.8 Å². The number of rotatable bonds is 7. The summed E-state index contributed by atoms with van der Waals surface area (Å²) in [4.78, 5) is 11.6. The van der Waals surface area contributed by atoms with Gasteiger partial charge in [-0.2, -0.15) is 0 Å². The second kappa shape index (κ2) is 9.04. The summed E-state index contributed by atoms with van der Waals surface area (Å²) in [5, 5.41) is 9.51. The highest BCUT2D eigenvalue weighted by Gasteiger charge is 2.50. The van der Waals surface area contributed by atoms with Crippen molar-refractivity contribution in [3.05, 3.63) is 65.2 Å². The number of ether oxygens (including phenoxy) is 2. The van der Waals surface area contributed by atoms with Gasteiger partial charge in [0.05, 0.1) is 17.8 Å². The lowest BCUT2D eigenvalue weighted by Gasteiger charge is -2.51. The molecule has 2 aromatic carbocycles. The van der Waals surface area contributed by atoms with E-state index >= 15 is 0 Å². The van der Waals surface area contributed by atoms with Gasteiger partial charge in [0.15, 0.2) is 0 Å². The highest BCUT2D eigenvalue weighted by molar-refractivity contribution is 5.88. The van der Waals surface area contributed by atoms with Crippen LogP contribution in [0.25, 0.3) is 0 Å². The van der Waals surface area contributed by atoms with Crippen LogP contribution in [-0.2, 0) is 4.74 Å². The number of benzene rings is 2. The number of fused-ring (bicyclic) bond motifs is 3. The van der Waals surface area contributed by atoms with Crippen LogP contribution in [0.5, 0.6) is 5.75 Å². The number of hydrogen-bond donors (Lipinski definition) is 1. The minimum Gasteiger partial charge on any atom is -0.487 e. The van der Waals surface area contributed by atoms with Crippen molar-refractivity contribution in [1.82, 2.24) is 0 Å².